The summed E-state index contributed by atoms with van der Waals surface area (Å²) in [5.41, 5.74) is 3.20. The van der Waals surface area contributed by atoms with Crippen molar-refractivity contribution in [2.75, 3.05) is 57.5 Å². The van der Waals surface area contributed by atoms with Crippen LogP contribution in [0.15, 0.2) is 47.4 Å². The van der Waals surface area contributed by atoms with Gasteiger partial charge in [0.2, 0.25) is 10.0 Å². The fourth-order valence-corrected chi connectivity index (χ4v) is 5.29. The lowest BCUT2D eigenvalue weighted by molar-refractivity contribution is 0.0730. The van der Waals surface area contributed by atoms with Gasteiger partial charge < -0.3 is 19.7 Å². The van der Waals surface area contributed by atoms with Crippen molar-refractivity contribution < 1.29 is 22.7 Å². The molecular formula is C23H29N3O5S. The number of hydrogen-bond donors (Lipinski definition) is 1. The Labute approximate surface area is 189 Å². The highest BCUT2D eigenvalue weighted by Crippen LogP contribution is 2.27. The third kappa shape index (κ3) is 5.12. The molecule has 4 rings (SSSR count). The SMILES string of the molecule is Cc1ccc(CNC(=O)c2cc(S(=O)(=O)N3CCOCC3)ccc2N2CCOCC2)cc1. The molecule has 2 aromatic rings. The van der Waals surface area contributed by atoms with Gasteiger partial charge in [0.1, 0.15) is 0 Å². The fraction of sp³-hybridized carbons (Fsp3) is 0.435. The maximum absolute atomic E-state index is 13.2. The minimum Gasteiger partial charge on any atom is -0.379 e. The number of nitrogens with one attached hydrogen (secondary N) is 1. The first-order valence-electron chi connectivity index (χ1n) is 10.8. The van der Waals surface area contributed by atoms with E-state index < -0.39 is 10.0 Å². The summed E-state index contributed by atoms with van der Waals surface area (Å²) in [6.07, 6.45) is 0. The Hall–Kier alpha value is -2.46. The second-order valence-corrected chi connectivity index (χ2v) is 9.90. The number of sulfonamides is 1. The van der Waals surface area contributed by atoms with Crippen LogP contribution in [0.2, 0.25) is 0 Å². The first-order valence-corrected chi connectivity index (χ1v) is 12.3. The van der Waals surface area contributed by atoms with Crippen molar-refractivity contribution in [2.45, 2.75) is 18.4 Å². The predicted molar refractivity (Wildman–Crippen MR) is 121 cm³/mol. The quantitative estimate of drug-likeness (QED) is 0.709. The molecule has 2 aliphatic rings. The molecule has 0 unspecified atom stereocenters. The van der Waals surface area contributed by atoms with Crippen LogP contribution in [0.25, 0.3) is 0 Å². The monoisotopic (exact) mass is 459 g/mol. The second-order valence-electron chi connectivity index (χ2n) is 7.96. The summed E-state index contributed by atoms with van der Waals surface area (Å²) < 4.78 is 38.5. The molecule has 0 spiro atoms. The normalized spacial score (nSPS) is 17.8. The molecule has 1 amide bonds. The van der Waals surface area contributed by atoms with E-state index in [2.05, 4.69) is 10.2 Å². The standard InChI is InChI=1S/C23H29N3O5S/c1-18-2-4-19(5-3-18)17-24-23(27)21-16-20(32(28,29)26-10-14-31-15-11-26)6-7-22(21)25-8-12-30-13-9-25/h2-7,16H,8-15,17H2,1H3,(H,24,27). The van der Waals surface area contributed by atoms with Crippen LogP contribution in [-0.2, 0) is 26.0 Å². The van der Waals surface area contributed by atoms with Crippen LogP contribution >= 0.6 is 0 Å². The van der Waals surface area contributed by atoms with E-state index >= 15 is 0 Å². The van der Waals surface area contributed by atoms with E-state index in [4.69, 9.17) is 9.47 Å². The smallest absolute Gasteiger partial charge is 0.253 e. The Morgan fingerprint density at radius 3 is 2.22 bits per heavy atom. The number of anilines is 1. The van der Waals surface area contributed by atoms with Gasteiger partial charge in [-0.25, -0.2) is 8.42 Å². The third-order valence-electron chi connectivity index (χ3n) is 5.75. The van der Waals surface area contributed by atoms with E-state index in [0.29, 0.717) is 64.7 Å². The number of carbonyl (C=O) groups is 1. The van der Waals surface area contributed by atoms with Crippen LogP contribution in [0.3, 0.4) is 0 Å². The maximum atomic E-state index is 13.2. The Balaban J connectivity index is 1.62. The average molecular weight is 460 g/mol. The molecular weight excluding hydrogens is 430 g/mol. The van der Waals surface area contributed by atoms with Crippen LogP contribution in [0.5, 0.6) is 0 Å². The molecule has 2 aliphatic heterocycles. The molecule has 2 fully saturated rings. The molecule has 0 aromatic heterocycles. The van der Waals surface area contributed by atoms with E-state index in [9.17, 15) is 13.2 Å². The van der Waals surface area contributed by atoms with Crippen LogP contribution < -0.4 is 10.2 Å². The van der Waals surface area contributed by atoms with Crippen molar-refractivity contribution in [1.29, 1.82) is 0 Å². The molecule has 9 heteroatoms. The van der Waals surface area contributed by atoms with Crippen molar-refractivity contribution in [3.63, 3.8) is 0 Å². The topological polar surface area (TPSA) is 88.2 Å². The van der Waals surface area contributed by atoms with Crippen molar-refractivity contribution in [3.8, 4) is 0 Å². The molecule has 0 atom stereocenters. The summed E-state index contributed by atoms with van der Waals surface area (Å²) in [6, 6.07) is 12.8. The number of morpholine rings is 2. The predicted octanol–water partition coefficient (Wildman–Crippen LogP) is 1.78. The van der Waals surface area contributed by atoms with Crippen molar-refractivity contribution in [3.05, 3.63) is 59.2 Å². The molecule has 0 aliphatic carbocycles. The summed E-state index contributed by atoms with van der Waals surface area (Å²) in [7, 11) is -3.71. The number of aryl methyl sites for hydroxylation is 1. The van der Waals surface area contributed by atoms with E-state index in [1.807, 2.05) is 31.2 Å². The van der Waals surface area contributed by atoms with Crippen molar-refractivity contribution >= 4 is 21.6 Å². The number of benzene rings is 2. The van der Waals surface area contributed by atoms with Crippen LogP contribution in [0.4, 0.5) is 5.69 Å². The second kappa shape index (κ2) is 9.99. The Morgan fingerprint density at radius 2 is 1.56 bits per heavy atom. The van der Waals surface area contributed by atoms with E-state index in [-0.39, 0.29) is 10.8 Å². The summed E-state index contributed by atoms with van der Waals surface area (Å²) in [5, 5.41) is 2.95. The largest absolute Gasteiger partial charge is 0.379 e. The molecule has 172 valence electrons. The summed E-state index contributed by atoms with van der Waals surface area (Å²) in [4.78, 5) is 15.4. The first-order chi connectivity index (χ1) is 15.4. The van der Waals surface area contributed by atoms with Gasteiger partial charge in [0.25, 0.3) is 5.91 Å². The zero-order valence-electron chi connectivity index (χ0n) is 18.2. The first kappa shape index (κ1) is 22.7. The molecule has 2 heterocycles. The van der Waals surface area contributed by atoms with Crippen LogP contribution in [0.1, 0.15) is 21.5 Å². The van der Waals surface area contributed by atoms with Crippen LogP contribution in [0, 0.1) is 6.92 Å². The lowest BCUT2D eigenvalue weighted by Gasteiger charge is -2.31. The fourth-order valence-electron chi connectivity index (χ4n) is 3.86. The molecule has 2 saturated heterocycles. The molecule has 8 nitrogen and oxygen atoms in total. The number of amides is 1. The molecule has 0 bridgehead atoms. The average Bonchev–Trinajstić information content (AvgIpc) is 2.84. The molecule has 0 radical (unpaired) electrons. The van der Waals surface area contributed by atoms with Gasteiger partial charge in [-0.1, -0.05) is 29.8 Å². The Kier molecular flexibility index (Phi) is 7.10. The number of hydrogen-bond acceptors (Lipinski definition) is 6. The minimum atomic E-state index is -3.71. The van der Waals surface area contributed by atoms with Gasteiger partial charge in [-0.2, -0.15) is 4.31 Å². The van der Waals surface area contributed by atoms with Gasteiger partial charge in [-0.15, -0.1) is 0 Å². The molecule has 1 N–H and O–H groups in total. The number of carbonyl (C=O) groups excluding carboxylic acids is 1. The Morgan fingerprint density at radius 1 is 0.938 bits per heavy atom. The lowest BCUT2D eigenvalue weighted by atomic mass is 10.1. The van der Waals surface area contributed by atoms with E-state index in [1.54, 1.807) is 12.1 Å². The summed E-state index contributed by atoms with van der Waals surface area (Å²) in [5.74, 6) is -0.300. The van der Waals surface area contributed by atoms with Crippen LogP contribution in [-0.4, -0.2) is 71.2 Å². The van der Waals surface area contributed by atoms with Crippen molar-refractivity contribution in [2.24, 2.45) is 0 Å². The Bertz CT molecular complexity index is 1040. The van der Waals surface area contributed by atoms with Gasteiger partial charge >= 0.3 is 0 Å². The lowest BCUT2D eigenvalue weighted by Crippen LogP contribution is -2.41. The number of nitrogens with zero attached hydrogens (tertiary/aromatic N) is 2. The molecule has 32 heavy (non-hydrogen) atoms. The van der Waals surface area contributed by atoms with Gasteiger partial charge in [0, 0.05) is 38.4 Å². The highest BCUT2D eigenvalue weighted by atomic mass is 32.2. The molecule has 2 aromatic carbocycles. The minimum absolute atomic E-state index is 0.122. The third-order valence-corrected chi connectivity index (χ3v) is 7.64. The van der Waals surface area contributed by atoms with Gasteiger partial charge in [0.15, 0.2) is 0 Å². The van der Waals surface area contributed by atoms with E-state index in [1.165, 1.54) is 10.4 Å². The number of rotatable bonds is 6. The zero-order valence-corrected chi connectivity index (χ0v) is 19.1. The molecule has 0 saturated carbocycles. The highest BCUT2D eigenvalue weighted by Gasteiger charge is 2.29. The van der Waals surface area contributed by atoms with Gasteiger partial charge in [-0.05, 0) is 30.7 Å². The highest BCUT2D eigenvalue weighted by molar-refractivity contribution is 7.89. The summed E-state index contributed by atoms with van der Waals surface area (Å²) >= 11 is 0. The number of ether oxygens (including phenoxy) is 2. The zero-order chi connectivity index (χ0) is 22.6. The van der Waals surface area contributed by atoms with Gasteiger partial charge in [-0.3, -0.25) is 4.79 Å². The van der Waals surface area contributed by atoms with Gasteiger partial charge in [0.05, 0.1) is 36.9 Å². The summed E-state index contributed by atoms with van der Waals surface area (Å²) in [6.45, 7) is 6.16. The maximum Gasteiger partial charge on any atom is 0.253 e. The van der Waals surface area contributed by atoms with Crippen molar-refractivity contribution in [1.82, 2.24) is 9.62 Å². The van der Waals surface area contributed by atoms with E-state index in [0.717, 1.165) is 16.8 Å².